The Balaban J connectivity index is 1.62. The summed E-state index contributed by atoms with van der Waals surface area (Å²) in [4.78, 5) is 31.7. The van der Waals surface area contributed by atoms with Crippen LogP contribution in [-0.2, 0) is 9.53 Å². The lowest BCUT2D eigenvalue weighted by atomic mass is 10.1. The van der Waals surface area contributed by atoms with Crippen molar-refractivity contribution < 1.29 is 23.3 Å². The number of hydrogen-bond donors (Lipinski definition) is 1. The first kappa shape index (κ1) is 18.2. The lowest BCUT2D eigenvalue weighted by molar-refractivity contribution is -0.136. The molecular formula is C19H20N4O5. The summed E-state index contributed by atoms with van der Waals surface area (Å²) in [7, 11) is 0. The summed E-state index contributed by atoms with van der Waals surface area (Å²) >= 11 is 0. The third-order valence-corrected chi connectivity index (χ3v) is 4.68. The molecule has 1 aliphatic rings. The van der Waals surface area contributed by atoms with Gasteiger partial charge in [-0.3, -0.25) is 9.59 Å². The summed E-state index contributed by atoms with van der Waals surface area (Å²) in [5, 5.41) is 7.20. The lowest BCUT2D eigenvalue weighted by Gasteiger charge is -2.29. The van der Waals surface area contributed by atoms with Crippen molar-refractivity contribution in [2.75, 3.05) is 26.3 Å². The van der Waals surface area contributed by atoms with Crippen LogP contribution in [-0.4, -0.2) is 59.2 Å². The van der Waals surface area contributed by atoms with Crippen molar-refractivity contribution in [2.24, 2.45) is 0 Å². The van der Waals surface area contributed by atoms with E-state index in [9.17, 15) is 9.59 Å². The van der Waals surface area contributed by atoms with Crippen LogP contribution in [0, 0.1) is 6.92 Å². The summed E-state index contributed by atoms with van der Waals surface area (Å²) in [6, 6.07) is 4.41. The third-order valence-electron chi connectivity index (χ3n) is 4.68. The molecule has 0 saturated carbocycles. The fourth-order valence-electron chi connectivity index (χ4n) is 3.22. The molecule has 2 amide bonds. The normalized spacial score (nSPS) is 15.6. The Hall–Kier alpha value is -3.20. The highest BCUT2D eigenvalue weighted by Gasteiger charge is 2.26. The van der Waals surface area contributed by atoms with Gasteiger partial charge in [0.05, 0.1) is 36.1 Å². The zero-order chi connectivity index (χ0) is 19.7. The first-order valence-corrected chi connectivity index (χ1v) is 9.03. The molecule has 146 valence electrons. The number of amides is 2. The van der Waals surface area contributed by atoms with Crippen LogP contribution in [0.25, 0.3) is 22.6 Å². The van der Waals surface area contributed by atoms with E-state index in [0.29, 0.717) is 54.4 Å². The van der Waals surface area contributed by atoms with Crippen molar-refractivity contribution in [3.8, 4) is 11.5 Å². The van der Waals surface area contributed by atoms with Crippen LogP contribution in [0.3, 0.4) is 0 Å². The highest BCUT2D eigenvalue weighted by molar-refractivity contribution is 6.08. The molecule has 1 aliphatic heterocycles. The van der Waals surface area contributed by atoms with Crippen molar-refractivity contribution in [3.05, 3.63) is 35.7 Å². The van der Waals surface area contributed by atoms with E-state index in [0.717, 1.165) is 0 Å². The molecule has 3 aromatic rings. The molecule has 1 atom stereocenters. The van der Waals surface area contributed by atoms with E-state index in [1.807, 2.05) is 0 Å². The van der Waals surface area contributed by atoms with Gasteiger partial charge in [0.15, 0.2) is 5.76 Å². The average molecular weight is 384 g/mol. The summed E-state index contributed by atoms with van der Waals surface area (Å²) in [5.74, 6) is -0.0432. The van der Waals surface area contributed by atoms with E-state index in [4.69, 9.17) is 13.7 Å². The number of nitrogens with one attached hydrogen (secondary N) is 1. The molecule has 4 heterocycles. The number of fused-ring (bicyclic) bond motifs is 1. The standard InChI is InChI=1S/C19H20N4O5/c1-11-16-13(10-14(15-4-3-7-27-15)21-18(16)28-22-11)17(24)20-12(2)19(25)23-5-8-26-9-6-23/h3-4,7,10,12H,5-6,8-9H2,1-2H3,(H,20,24). The van der Waals surface area contributed by atoms with Crippen molar-refractivity contribution >= 4 is 22.9 Å². The SMILES string of the molecule is Cc1noc2nc(-c3ccco3)cc(C(=O)NC(C)C(=O)N3CCOCC3)c12. The summed E-state index contributed by atoms with van der Waals surface area (Å²) in [6.07, 6.45) is 1.52. The molecule has 1 saturated heterocycles. The number of furan rings is 1. The zero-order valence-electron chi connectivity index (χ0n) is 15.6. The van der Waals surface area contributed by atoms with Gasteiger partial charge in [-0.05, 0) is 32.0 Å². The topological polar surface area (TPSA) is 111 Å². The van der Waals surface area contributed by atoms with E-state index >= 15 is 0 Å². The Morgan fingerprint density at radius 3 is 2.79 bits per heavy atom. The number of carbonyl (C=O) groups is 2. The molecule has 0 radical (unpaired) electrons. The van der Waals surface area contributed by atoms with Gasteiger partial charge < -0.3 is 23.9 Å². The van der Waals surface area contributed by atoms with Gasteiger partial charge in [0.1, 0.15) is 11.7 Å². The average Bonchev–Trinajstić information content (AvgIpc) is 3.37. The Morgan fingerprint density at radius 2 is 2.07 bits per heavy atom. The van der Waals surface area contributed by atoms with Crippen LogP contribution >= 0.6 is 0 Å². The molecule has 1 fully saturated rings. The first-order valence-electron chi connectivity index (χ1n) is 9.03. The second-order valence-electron chi connectivity index (χ2n) is 6.61. The number of hydrogen-bond acceptors (Lipinski definition) is 7. The van der Waals surface area contributed by atoms with Crippen molar-refractivity contribution in [2.45, 2.75) is 19.9 Å². The smallest absolute Gasteiger partial charge is 0.259 e. The molecule has 1 N–H and O–H groups in total. The number of aryl methyl sites for hydroxylation is 1. The highest BCUT2D eigenvalue weighted by Crippen LogP contribution is 2.27. The van der Waals surface area contributed by atoms with E-state index in [1.165, 1.54) is 6.26 Å². The lowest BCUT2D eigenvalue weighted by Crippen LogP contribution is -2.50. The number of carbonyl (C=O) groups excluding carboxylic acids is 2. The van der Waals surface area contributed by atoms with E-state index in [-0.39, 0.29) is 11.6 Å². The molecule has 9 nitrogen and oxygen atoms in total. The second-order valence-corrected chi connectivity index (χ2v) is 6.61. The Morgan fingerprint density at radius 1 is 1.29 bits per heavy atom. The summed E-state index contributed by atoms with van der Waals surface area (Å²) in [5.41, 5.74) is 1.57. The van der Waals surface area contributed by atoms with Gasteiger partial charge in [-0.15, -0.1) is 0 Å². The Bertz CT molecular complexity index is 1000. The van der Waals surface area contributed by atoms with E-state index in [1.54, 1.807) is 36.9 Å². The number of aromatic nitrogens is 2. The fourth-order valence-corrected chi connectivity index (χ4v) is 3.22. The van der Waals surface area contributed by atoms with Gasteiger partial charge >= 0.3 is 0 Å². The molecule has 0 aliphatic carbocycles. The second kappa shape index (κ2) is 7.43. The zero-order valence-corrected chi connectivity index (χ0v) is 15.6. The molecule has 0 aromatic carbocycles. The fraction of sp³-hybridized carbons (Fsp3) is 0.368. The molecular weight excluding hydrogens is 364 g/mol. The minimum atomic E-state index is -0.680. The molecule has 9 heteroatoms. The molecule has 28 heavy (non-hydrogen) atoms. The van der Waals surface area contributed by atoms with Crippen LogP contribution < -0.4 is 5.32 Å². The largest absolute Gasteiger partial charge is 0.463 e. The maximum absolute atomic E-state index is 13.0. The molecule has 3 aromatic heterocycles. The summed E-state index contributed by atoms with van der Waals surface area (Å²) in [6.45, 7) is 5.45. The Kier molecular flexibility index (Phi) is 4.82. The van der Waals surface area contributed by atoms with E-state index in [2.05, 4.69) is 15.5 Å². The monoisotopic (exact) mass is 384 g/mol. The van der Waals surface area contributed by atoms with Crippen LogP contribution in [0.15, 0.2) is 33.4 Å². The van der Waals surface area contributed by atoms with Crippen molar-refractivity contribution in [3.63, 3.8) is 0 Å². The molecule has 1 unspecified atom stereocenters. The van der Waals surface area contributed by atoms with Gasteiger partial charge in [-0.2, -0.15) is 0 Å². The minimum absolute atomic E-state index is 0.143. The number of nitrogens with zero attached hydrogens (tertiary/aromatic N) is 3. The van der Waals surface area contributed by atoms with Crippen LogP contribution in [0.2, 0.25) is 0 Å². The van der Waals surface area contributed by atoms with Gasteiger partial charge in [0.25, 0.3) is 11.6 Å². The maximum atomic E-state index is 13.0. The number of rotatable bonds is 4. The first-order chi connectivity index (χ1) is 13.5. The maximum Gasteiger partial charge on any atom is 0.259 e. The minimum Gasteiger partial charge on any atom is -0.463 e. The molecule has 0 bridgehead atoms. The third kappa shape index (κ3) is 3.36. The highest BCUT2D eigenvalue weighted by atomic mass is 16.5. The molecule has 0 spiro atoms. The summed E-state index contributed by atoms with van der Waals surface area (Å²) < 4.78 is 15.9. The van der Waals surface area contributed by atoms with Crippen molar-refractivity contribution in [1.29, 1.82) is 0 Å². The quantitative estimate of drug-likeness (QED) is 0.730. The predicted molar refractivity (Wildman–Crippen MR) is 98.6 cm³/mol. The van der Waals surface area contributed by atoms with Crippen molar-refractivity contribution in [1.82, 2.24) is 20.4 Å². The number of pyridine rings is 1. The van der Waals surface area contributed by atoms with Gasteiger partial charge in [-0.1, -0.05) is 5.16 Å². The predicted octanol–water partition coefficient (Wildman–Crippen LogP) is 1.77. The van der Waals surface area contributed by atoms with Crippen LogP contribution in [0.4, 0.5) is 0 Å². The number of ether oxygens (including phenoxy) is 1. The molecule has 4 rings (SSSR count). The van der Waals surface area contributed by atoms with Gasteiger partial charge in [0, 0.05) is 13.1 Å². The Labute approximate surface area is 160 Å². The van der Waals surface area contributed by atoms with Crippen LogP contribution in [0.5, 0.6) is 0 Å². The van der Waals surface area contributed by atoms with Crippen LogP contribution in [0.1, 0.15) is 23.0 Å². The van der Waals surface area contributed by atoms with Gasteiger partial charge in [0.2, 0.25) is 5.91 Å². The number of morpholine rings is 1. The van der Waals surface area contributed by atoms with Gasteiger partial charge in [-0.25, -0.2) is 4.98 Å². The van der Waals surface area contributed by atoms with E-state index < -0.39 is 11.9 Å².